The molecule has 2 rings (SSSR count). The van der Waals surface area contributed by atoms with Crippen molar-refractivity contribution in [3.05, 3.63) is 64.6 Å². The largest absolute Gasteiger partial charge is 0.493 e. The Morgan fingerprint density at radius 1 is 1.08 bits per heavy atom. The van der Waals surface area contributed by atoms with Crippen LogP contribution >= 0.6 is 15.9 Å². The van der Waals surface area contributed by atoms with Gasteiger partial charge >= 0.3 is 0 Å². The fourth-order valence-electron chi connectivity index (χ4n) is 2.25. The number of nitrogens with one attached hydrogen (secondary N) is 1. The molecule has 1 amide bonds. The highest BCUT2D eigenvalue weighted by Crippen LogP contribution is 2.27. The SMILES string of the molecule is C=C(C(=O)NCCc1ccc(OC)c(OC)c1)c1ccc(Br)cc1. The lowest BCUT2D eigenvalue weighted by Crippen LogP contribution is -2.26. The van der Waals surface area contributed by atoms with E-state index in [9.17, 15) is 4.79 Å². The van der Waals surface area contributed by atoms with Gasteiger partial charge < -0.3 is 14.8 Å². The van der Waals surface area contributed by atoms with E-state index in [4.69, 9.17) is 9.47 Å². The predicted octanol–water partition coefficient (Wildman–Crippen LogP) is 3.84. The molecular weight excluding hydrogens is 370 g/mol. The van der Waals surface area contributed by atoms with Gasteiger partial charge in [-0.2, -0.15) is 0 Å². The number of rotatable bonds is 7. The van der Waals surface area contributed by atoms with Crippen molar-refractivity contribution in [2.75, 3.05) is 20.8 Å². The number of hydrogen-bond acceptors (Lipinski definition) is 3. The quantitative estimate of drug-likeness (QED) is 0.731. The summed E-state index contributed by atoms with van der Waals surface area (Å²) in [6, 6.07) is 13.2. The number of carbonyl (C=O) groups excluding carboxylic acids is 1. The fourth-order valence-corrected chi connectivity index (χ4v) is 2.51. The Morgan fingerprint density at radius 2 is 1.75 bits per heavy atom. The lowest BCUT2D eigenvalue weighted by Gasteiger charge is -2.11. The molecule has 2 aromatic carbocycles. The number of methoxy groups -OCH3 is 2. The number of benzene rings is 2. The van der Waals surface area contributed by atoms with Crippen molar-refractivity contribution in [2.45, 2.75) is 6.42 Å². The summed E-state index contributed by atoms with van der Waals surface area (Å²) in [6.45, 7) is 4.38. The molecule has 0 unspecified atom stereocenters. The summed E-state index contributed by atoms with van der Waals surface area (Å²) in [6.07, 6.45) is 0.694. The molecule has 0 aliphatic carbocycles. The average Bonchev–Trinajstić information content (AvgIpc) is 2.61. The maximum absolute atomic E-state index is 12.2. The minimum atomic E-state index is -0.169. The third-order valence-corrected chi connectivity index (χ3v) is 4.14. The van der Waals surface area contributed by atoms with Crippen LogP contribution in [0.5, 0.6) is 11.5 Å². The average molecular weight is 390 g/mol. The second kappa shape index (κ2) is 8.55. The summed E-state index contributed by atoms with van der Waals surface area (Å²) in [4.78, 5) is 12.2. The second-order valence-corrected chi connectivity index (χ2v) is 6.10. The molecule has 0 aliphatic heterocycles. The highest BCUT2D eigenvalue weighted by molar-refractivity contribution is 9.10. The lowest BCUT2D eigenvalue weighted by atomic mass is 10.1. The molecule has 24 heavy (non-hydrogen) atoms. The van der Waals surface area contributed by atoms with E-state index in [1.165, 1.54) is 0 Å². The van der Waals surface area contributed by atoms with Crippen LogP contribution < -0.4 is 14.8 Å². The first-order valence-electron chi connectivity index (χ1n) is 7.49. The zero-order chi connectivity index (χ0) is 17.5. The number of carbonyl (C=O) groups is 1. The molecule has 0 saturated carbocycles. The Bertz CT molecular complexity index is 726. The first-order chi connectivity index (χ1) is 11.5. The van der Waals surface area contributed by atoms with Gasteiger partial charge in [-0.25, -0.2) is 0 Å². The fraction of sp³-hybridized carbons (Fsp3) is 0.211. The molecule has 5 heteroatoms. The zero-order valence-electron chi connectivity index (χ0n) is 13.8. The van der Waals surface area contributed by atoms with Gasteiger partial charge in [-0.15, -0.1) is 0 Å². The maximum atomic E-state index is 12.2. The Morgan fingerprint density at radius 3 is 2.38 bits per heavy atom. The van der Waals surface area contributed by atoms with Crippen LogP contribution in [0.1, 0.15) is 11.1 Å². The van der Waals surface area contributed by atoms with Gasteiger partial charge in [0.05, 0.1) is 14.2 Å². The highest BCUT2D eigenvalue weighted by atomic mass is 79.9. The van der Waals surface area contributed by atoms with Gasteiger partial charge in [-0.3, -0.25) is 4.79 Å². The summed E-state index contributed by atoms with van der Waals surface area (Å²) < 4.78 is 11.5. The van der Waals surface area contributed by atoms with Gasteiger partial charge in [-0.05, 0) is 41.8 Å². The summed E-state index contributed by atoms with van der Waals surface area (Å²) in [5, 5.41) is 2.89. The van der Waals surface area contributed by atoms with E-state index in [-0.39, 0.29) is 5.91 Å². The molecule has 0 aliphatic rings. The van der Waals surface area contributed by atoms with Crippen molar-refractivity contribution in [3.63, 3.8) is 0 Å². The molecule has 0 fully saturated rings. The van der Waals surface area contributed by atoms with E-state index >= 15 is 0 Å². The molecule has 0 heterocycles. The van der Waals surface area contributed by atoms with E-state index in [2.05, 4.69) is 27.8 Å². The third-order valence-electron chi connectivity index (χ3n) is 3.61. The Balaban J connectivity index is 1.90. The van der Waals surface area contributed by atoms with Gasteiger partial charge in [0.1, 0.15) is 0 Å². The second-order valence-electron chi connectivity index (χ2n) is 5.18. The summed E-state index contributed by atoms with van der Waals surface area (Å²) in [5.74, 6) is 1.20. The van der Waals surface area contributed by atoms with Gasteiger partial charge in [0.25, 0.3) is 5.91 Å². The zero-order valence-corrected chi connectivity index (χ0v) is 15.4. The van der Waals surface area contributed by atoms with E-state index in [1.807, 2.05) is 42.5 Å². The predicted molar refractivity (Wildman–Crippen MR) is 99.4 cm³/mol. The third kappa shape index (κ3) is 4.61. The smallest absolute Gasteiger partial charge is 0.251 e. The Kier molecular flexibility index (Phi) is 6.44. The van der Waals surface area contributed by atoms with Crippen LogP contribution in [0.25, 0.3) is 5.57 Å². The molecule has 0 radical (unpaired) electrons. The van der Waals surface area contributed by atoms with Crippen molar-refractivity contribution >= 4 is 27.4 Å². The minimum absolute atomic E-state index is 0.169. The minimum Gasteiger partial charge on any atom is -0.493 e. The normalized spacial score (nSPS) is 10.1. The molecule has 126 valence electrons. The maximum Gasteiger partial charge on any atom is 0.251 e. The van der Waals surface area contributed by atoms with Crippen LogP contribution in [0.15, 0.2) is 53.5 Å². The van der Waals surface area contributed by atoms with Crippen molar-refractivity contribution in [3.8, 4) is 11.5 Å². The number of amides is 1. The molecule has 0 spiro atoms. The Labute approximate surface area is 150 Å². The van der Waals surface area contributed by atoms with Crippen molar-refractivity contribution in [1.82, 2.24) is 5.32 Å². The van der Waals surface area contributed by atoms with Crippen molar-refractivity contribution < 1.29 is 14.3 Å². The van der Waals surface area contributed by atoms with Crippen LogP contribution in [0.2, 0.25) is 0 Å². The van der Waals surface area contributed by atoms with Crippen molar-refractivity contribution in [2.24, 2.45) is 0 Å². The number of hydrogen-bond donors (Lipinski definition) is 1. The first kappa shape index (κ1) is 18.1. The van der Waals surface area contributed by atoms with Gasteiger partial charge in [0, 0.05) is 16.6 Å². The number of halogens is 1. The highest BCUT2D eigenvalue weighted by Gasteiger charge is 2.09. The summed E-state index contributed by atoms with van der Waals surface area (Å²) >= 11 is 3.37. The molecule has 0 saturated heterocycles. The molecule has 0 atom stereocenters. The number of ether oxygens (including phenoxy) is 2. The van der Waals surface area contributed by atoms with E-state index in [0.29, 0.717) is 30.0 Å². The van der Waals surface area contributed by atoms with Crippen LogP contribution in [0.4, 0.5) is 0 Å². The van der Waals surface area contributed by atoms with Crippen LogP contribution in [0, 0.1) is 0 Å². The van der Waals surface area contributed by atoms with Crippen LogP contribution in [-0.4, -0.2) is 26.7 Å². The first-order valence-corrected chi connectivity index (χ1v) is 8.28. The van der Waals surface area contributed by atoms with Gasteiger partial charge in [-0.1, -0.05) is 40.7 Å². The molecular formula is C19H20BrNO3. The van der Waals surface area contributed by atoms with Gasteiger partial charge in [0.2, 0.25) is 0 Å². The summed E-state index contributed by atoms with van der Waals surface area (Å²) in [5.41, 5.74) is 2.32. The molecule has 1 N–H and O–H groups in total. The van der Waals surface area contributed by atoms with E-state index in [1.54, 1.807) is 14.2 Å². The standard InChI is InChI=1S/C19H20BrNO3/c1-13(15-5-7-16(20)8-6-15)19(22)21-11-10-14-4-9-17(23-2)18(12-14)24-3/h4-9,12H,1,10-11H2,2-3H3,(H,21,22). The lowest BCUT2D eigenvalue weighted by molar-refractivity contribution is -0.115. The van der Waals surface area contributed by atoms with Crippen LogP contribution in [0.3, 0.4) is 0 Å². The molecule has 0 bridgehead atoms. The monoisotopic (exact) mass is 389 g/mol. The topological polar surface area (TPSA) is 47.6 Å². The van der Waals surface area contributed by atoms with E-state index < -0.39 is 0 Å². The van der Waals surface area contributed by atoms with Crippen LogP contribution in [-0.2, 0) is 11.2 Å². The molecule has 0 aromatic heterocycles. The van der Waals surface area contributed by atoms with E-state index in [0.717, 1.165) is 15.6 Å². The van der Waals surface area contributed by atoms with Crippen molar-refractivity contribution in [1.29, 1.82) is 0 Å². The van der Waals surface area contributed by atoms with Gasteiger partial charge in [0.15, 0.2) is 11.5 Å². The summed E-state index contributed by atoms with van der Waals surface area (Å²) in [7, 11) is 3.21. The molecule has 2 aromatic rings. The Hall–Kier alpha value is -2.27. The molecule has 4 nitrogen and oxygen atoms in total.